The molecule has 1 aromatic heterocycles. The fraction of sp³-hybridized carbons (Fsp3) is 0.643. The molecular weight excluding hydrogens is 384 g/mol. The molecule has 0 aromatic carbocycles. The molecule has 1 unspecified atom stereocenters. The third-order valence-corrected chi connectivity index (χ3v) is 5.81. The molecule has 0 bridgehead atoms. The molecule has 1 rings (SSSR count). The van der Waals surface area contributed by atoms with Crippen LogP contribution < -0.4 is 18.9 Å². The lowest BCUT2D eigenvalue weighted by Gasteiger charge is -2.30. The Morgan fingerprint density at radius 3 is 2.19 bits per heavy atom. The van der Waals surface area contributed by atoms with Crippen molar-refractivity contribution in [1.82, 2.24) is 19.4 Å². The summed E-state index contributed by atoms with van der Waals surface area (Å²) in [5.74, 6) is -0.281. The highest BCUT2D eigenvalue weighted by Gasteiger charge is 2.39. The number of thioether (sulfide) groups is 1. The molecule has 1 heterocycles. The highest BCUT2D eigenvalue weighted by molar-refractivity contribution is 8.00. The Kier molecular flexibility index (Phi) is 8.06. The second-order valence-electron chi connectivity index (χ2n) is 5.51. The van der Waals surface area contributed by atoms with Crippen molar-refractivity contribution in [2.75, 3.05) is 27.9 Å². The van der Waals surface area contributed by atoms with Crippen LogP contribution in [0.25, 0.3) is 0 Å². The van der Waals surface area contributed by atoms with E-state index in [2.05, 4.69) is 14.7 Å². The van der Waals surface area contributed by atoms with E-state index in [1.54, 1.807) is 20.8 Å². The van der Waals surface area contributed by atoms with Crippen molar-refractivity contribution in [2.24, 2.45) is 0 Å². The van der Waals surface area contributed by atoms with Gasteiger partial charge in [-0.05, 0) is 13.8 Å². The molecule has 26 heavy (non-hydrogen) atoms. The number of aromatic nitrogens is 2. The van der Waals surface area contributed by atoms with Crippen molar-refractivity contribution in [2.45, 2.75) is 36.8 Å². The van der Waals surface area contributed by atoms with E-state index < -0.39 is 27.0 Å². The third kappa shape index (κ3) is 6.27. The molecule has 10 nitrogen and oxygen atoms in total. The topological polar surface area (TPSA) is 129 Å². The summed E-state index contributed by atoms with van der Waals surface area (Å²) >= 11 is 0.935. The van der Waals surface area contributed by atoms with E-state index in [0.717, 1.165) is 11.8 Å². The van der Waals surface area contributed by atoms with Gasteiger partial charge in [0.15, 0.2) is 5.16 Å². The number of carbonyl (C=O) groups is 1. The van der Waals surface area contributed by atoms with Crippen LogP contribution in [0.4, 0.5) is 0 Å². The summed E-state index contributed by atoms with van der Waals surface area (Å²) in [4.78, 5) is 20.9. The SMILES string of the molecule is CCNS(=O)(=O)NC(=O)C(Sc1nc(OC)cc(OC)n1)C(C)(C)OC. The number of hydrogen-bond donors (Lipinski definition) is 2. The van der Waals surface area contributed by atoms with E-state index in [1.165, 1.54) is 27.4 Å². The van der Waals surface area contributed by atoms with Crippen molar-refractivity contribution in [3.05, 3.63) is 6.07 Å². The Labute approximate surface area is 157 Å². The average Bonchev–Trinajstić information content (AvgIpc) is 2.58. The zero-order valence-electron chi connectivity index (χ0n) is 15.5. The summed E-state index contributed by atoms with van der Waals surface area (Å²) < 4.78 is 43.4. The molecule has 0 saturated carbocycles. The van der Waals surface area contributed by atoms with Gasteiger partial charge >= 0.3 is 10.2 Å². The molecule has 0 spiro atoms. The van der Waals surface area contributed by atoms with Crippen LogP contribution in [-0.4, -0.2) is 63.0 Å². The summed E-state index contributed by atoms with van der Waals surface area (Å²) in [7, 11) is 0.318. The van der Waals surface area contributed by atoms with Crippen molar-refractivity contribution in [3.8, 4) is 11.8 Å². The van der Waals surface area contributed by atoms with Gasteiger partial charge in [0, 0.05) is 13.7 Å². The Hall–Kier alpha value is -1.63. The number of ether oxygens (including phenoxy) is 3. The number of carbonyl (C=O) groups excluding carboxylic acids is 1. The number of nitrogens with zero attached hydrogens (tertiary/aromatic N) is 2. The maximum Gasteiger partial charge on any atom is 0.301 e. The number of rotatable bonds is 10. The highest BCUT2D eigenvalue weighted by Crippen LogP contribution is 2.32. The molecule has 2 N–H and O–H groups in total. The Balaban J connectivity index is 3.18. The second kappa shape index (κ2) is 9.35. The molecule has 148 valence electrons. The molecule has 0 fully saturated rings. The van der Waals surface area contributed by atoms with Crippen LogP contribution in [0.3, 0.4) is 0 Å². The fourth-order valence-corrected chi connectivity index (χ4v) is 3.73. The van der Waals surface area contributed by atoms with Crippen molar-refractivity contribution < 1.29 is 27.4 Å². The minimum atomic E-state index is -3.97. The van der Waals surface area contributed by atoms with Crippen LogP contribution >= 0.6 is 11.8 Å². The van der Waals surface area contributed by atoms with E-state index in [9.17, 15) is 13.2 Å². The van der Waals surface area contributed by atoms with Gasteiger partial charge in [0.2, 0.25) is 11.8 Å². The lowest BCUT2D eigenvalue weighted by molar-refractivity contribution is -0.123. The quantitative estimate of drug-likeness (QED) is 0.416. The van der Waals surface area contributed by atoms with Crippen LogP contribution in [0.5, 0.6) is 11.8 Å². The van der Waals surface area contributed by atoms with Gasteiger partial charge in [-0.1, -0.05) is 18.7 Å². The molecule has 0 radical (unpaired) electrons. The van der Waals surface area contributed by atoms with Crippen molar-refractivity contribution >= 4 is 27.9 Å². The van der Waals surface area contributed by atoms with E-state index in [0.29, 0.717) is 0 Å². The molecule has 0 aliphatic rings. The van der Waals surface area contributed by atoms with Gasteiger partial charge in [-0.3, -0.25) is 4.79 Å². The van der Waals surface area contributed by atoms with Gasteiger partial charge in [0.25, 0.3) is 5.91 Å². The molecule has 1 atom stereocenters. The molecular formula is C14H24N4O6S2. The first-order valence-electron chi connectivity index (χ1n) is 7.58. The lowest BCUT2D eigenvalue weighted by Crippen LogP contribution is -2.51. The predicted octanol–water partition coefficient (Wildman–Crippen LogP) is 0.350. The van der Waals surface area contributed by atoms with Gasteiger partial charge in [-0.2, -0.15) is 23.1 Å². The van der Waals surface area contributed by atoms with Gasteiger partial charge < -0.3 is 14.2 Å². The van der Waals surface area contributed by atoms with Gasteiger partial charge in [-0.15, -0.1) is 0 Å². The summed E-state index contributed by atoms with van der Waals surface area (Å²) in [6.45, 7) is 5.05. The van der Waals surface area contributed by atoms with Crippen molar-refractivity contribution in [1.29, 1.82) is 0 Å². The standard InChI is InChI=1S/C14H24N4O6S2/c1-7-15-26(20,21)18-12(19)11(14(2,3)24-6)25-13-16-9(22-4)8-10(17-13)23-5/h8,11,15H,7H2,1-6H3,(H,18,19). The zero-order chi connectivity index (χ0) is 20.0. The zero-order valence-corrected chi connectivity index (χ0v) is 17.2. The maximum absolute atomic E-state index is 12.6. The first-order valence-corrected chi connectivity index (χ1v) is 9.95. The van der Waals surface area contributed by atoms with E-state index in [-0.39, 0.29) is 23.5 Å². The summed E-state index contributed by atoms with van der Waals surface area (Å²) in [5.41, 5.74) is -1.02. The molecule has 0 aliphatic heterocycles. The molecule has 1 aromatic rings. The first-order chi connectivity index (χ1) is 12.1. The largest absolute Gasteiger partial charge is 0.481 e. The Morgan fingerprint density at radius 1 is 1.23 bits per heavy atom. The van der Waals surface area contributed by atoms with E-state index in [1.807, 2.05) is 4.72 Å². The maximum atomic E-state index is 12.6. The molecule has 0 saturated heterocycles. The third-order valence-electron chi connectivity index (χ3n) is 3.27. The Morgan fingerprint density at radius 2 is 1.77 bits per heavy atom. The number of hydrogen-bond acceptors (Lipinski definition) is 9. The Bertz CT molecular complexity index is 704. The summed E-state index contributed by atoms with van der Waals surface area (Å²) in [6, 6.07) is 1.48. The van der Waals surface area contributed by atoms with Crippen LogP contribution in [0.15, 0.2) is 11.2 Å². The number of amides is 1. The predicted molar refractivity (Wildman–Crippen MR) is 96.6 cm³/mol. The minimum Gasteiger partial charge on any atom is -0.481 e. The first kappa shape index (κ1) is 22.4. The minimum absolute atomic E-state index is 0.143. The summed E-state index contributed by atoms with van der Waals surface area (Å²) in [6.07, 6.45) is 0. The molecule has 0 aliphatic carbocycles. The number of methoxy groups -OCH3 is 3. The van der Waals surface area contributed by atoms with E-state index >= 15 is 0 Å². The normalized spacial score (nSPS) is 13.2. The van der Waals surface area contributed by atoms with Gasteiger partial charge in [-0.25, -0.2) is 4.72 Å². The fourth-order valence-electron chi connectivity index (χ4n) is 1.78. The summed E-state index contributed by atoms with van der Waals surface area (Å²) in [5, 5.41) is -0.801. The van der Waals surface area contributed by atoms with Crippen LogP contribution in [0.2, 0.25) is 0 Å². The van der Waals surface area contributed by atoms with Crippen molar-refractivity contribution in [3.63, 3.8) is 0 Å². The van der Waals surface area contributed by atoms with Gasteiger partial charge in [0.1, 0.15) is 5.25 Å². The van der Waals surface area contributed by atoms with Crippen LogP contribution in [0, 0.1) is 0 Å². The average molecular weight is 409 g/mol. The molecule has 1 amide bonds. The molecule has 12 heteroatoms. The smallest absolute Gasteiger partial charge is 0.301 e. The lowest BCUT2D eigenvalue weighted by atomic mass is 10.0. The number of nitrogens with one attached hydrogen (secondary N) is 2. The highest BCUT2D eigenvalue weighted by atomic mass is 32.2. The monoisotopic (exact) mass is 408 g/mol. The second-order valence-corrected chi connectivity index (χ2v) is 8.08. The van der Waals surface area contributed by atoms with E-state index in [4.69, 9.17) is 14.2 Å². The van der Waals surface area contributed by atoms with Crippen LogP contribution in [-0.2, 0) is 19.7 Å². The van der Waals surface area contributed by atoms with Gasteiger partial charge in [0.05, 0.1) is 25.9 Å². The van der Waals surface area contributed by atoms with Crippen LogP contribution in [0.1, 0.15) is 20.8 Å².